The molecule has 1 amide bonds. The zero-order chi connectivity index (χ0) is 10.6. The van der Waals surface area contributed by atoms with Crippen LogP contribution >= 0.6 is 0 Å². The molecule has 2 unspecified atom stereocenters. The van der Waals surface area contributed by atoms with Crippen LogP contribution in [0, 0.1) is 0 Å². The van der Waals surface area contributed by atoms with Gasteiger partial charge in [-0.25, -0.2) is 0 Å². The van der Waals surface area contributed by atoms with Crippen molar-refractivity contribution in [2.45, 2.75) is 25.6 Å². The number of hydrogen-bond acceptors (Lipinski definition) is 4. The Morgan fingerprint density at radius 1 is 1.64 bits per heavy atom. The van der Waals surface area contributed by atoms with Gasteiger partial charge in [-0.15, -0.1) is 0 Å². The molecular formula is C9H18N2O3. The molecule has 5 nitrogen and oxygen atoms in total. The number of carbonyl (C=O) groups is 1. The van der Waals surface area contributed by atoms with E-state index in [0.717, 1.165) is 0 Å². The highest BCUT2D eigenvalue weighted by atomic mass is 16.5. The van der Waals surface area contributed by atoms with Gasteiger partial charge in [0.25, 0.3) is 0 Å². The molecule has 0 aromatic carbocycles. The number of ether oxygens (including phenoxy) is 1. The summed E-state index contributed by atoms with van der Waals surface area (Å²) in [7, 11) is 0. The number of nitrogens with zero attached hydrogens (tertiary/aromatic N) is 1. The van der Waals surface area contributed by atoms with Gasteiger partial charge in [-0.1, -0.05) is 0 Å². The van der Waals surface area contributed by atoms with Crippen LogP contribution in [0.15, 0.2) is 0 Å². The highest BCUT2D eigenvalue weighted by Crippen LogP contribution is 2.11. The largest absolute Gasteiger partial charge is 0.394 e. The number of aliphatic hydroxyl groups excluding tert-OH is 1. The molecule has 1 fully saturated rings. The number of aliphatic hydroxyl groups is 1. The Kier molecular flexibility index (Phi) is 4.31. The first-order valence-electron chi connectivity index (χ1n) is 4.91. The molecule has 0 bridgehead atoms. The lowest BCUT2D eigenvalue weighted by molar-refractivity contribution is -0.146. The molecule has 14 heavy (non-hydrogen) atoms. The number of rotatable bonds is 3. The summed E-state index contributed by atoms with van der Waals surface area (Å²) < 4.78 is 5.42. The monoisotopic (exact) mass is 202 g/mol. The molecule has 0 aliphatic carbocycles. The fraction of sp³-hybridized carbons (Fsp3) is 0.889. The molecule has 2 atom stereocenters. The summed E-state index contributed by atoms with van der Waals surface area (Å²) in [6.07, 6.45) is 0.105. The van der Waals surface area contributed by atoms with Gasteiger partial charge in [-0.2, -0.15) is 0 Å². The average molecular weight is 202 g/mol. The lowest BCUT2D eigenvalue weighted by Crippen LogP contribution is -2.50. The smallest absolute Gasteiger partial charge is 0.224 e. The van der Waals surface area contributed by atoms with E-state index < -0.39 is 0 Å². The van der Waals surface area contributed by atoms with Gasteiger partial charge in [0.05, 0.1) is 18.8 Å². The molecule has 0 radical (unpaired) electrons. The van der Waals surface area contributed by atoms with Crippen LogP contribution in [0.2, 0.25) is 0 Å². The topological polar surface area (TPSA) is 75.8 Å². The first-order chi connectivity index (χ1) is 6.67. The zero-order valence-electron chi connectivity index (χ0n) is 8.48. The summed E-state index contributed by atoms with van der Waals surface area (Å²) in [4.78, 5) is 13.2. The molecule has 0 spiro atoms. The molecule has 5 heteroatoms. The zero-order valence-corrected chi connectivity index (χ0v) is 8.48. The van der Waals surface area contributed by atoms with Gasteiger partial charge in [-0.05, 0) is 6.92 Å². The molecule has 0 saturated carbocycles. The van der Waals surface area contributed by atoms with Crippen LogP contribution in [0.1, 0.15) is 13.3 Å². The first-order valence-corrected chi connectivity index (χ1v) is 4.91. The molecule has 0 aromatic heterocycles. The van der Waals surface area contributed by atoms with Gasteiger partial charge < -0.3 is 20.5 Å². The van der Waals surface area contributed by atoms with E-state index in [0.29, 0.717) is 26.1 Å². The van der Waals surface area contributed by atoms with Crippen LogP contribution in [0.25, 0.3) is 0 Å². The van der Waals surface area contributed by atoms with Gasteiger partial charge >= 0.3 is 0 Å². The third-order valence-corrected chi connectivity index (χ3v) is 2.24. The van der Waals surface area contributed by atoms with Gasteiger partial charge in [0, 0.05) is 26.1 Å². The second-order valence-electron chi connectivity index (χ2n) is 3.59. The molecule has 1 rings (SSSR count). The van der Waals surface area contributed by atoms with Crippen LogP contribution in [-0.2, 0) is 9.53 Å². The van der Waals surface area contributed by atoms with Crippen molar-refractivity contribution in [1.29, 1.82) is 0 Å². The Balaban J connectivity index is 2.48. The molecular weight excluding hydrogens is 184 g/mol. The van der Waals surface area contributed by atoms with E-state index in [-0.39, 0.29) is 24.7 Å². The molecule has 1 aliphatic rings. The van der Waals surface area contributed by atoms with Gasteiger partial charge in [0.2, 0.25) is 5.91 Å². The maximum Gasteiger partial charge on any atom is 0.224 e. The van der Waals surface area contributed by atoms with Crippen LogP contribution in [0.4, 0.5) is 0 Å². The lowest BCUT2D eigenvalue weighted by atomic mass is 10.2. The van der Waals surface area contributed by atoms with Crippen molar-refractivity contribution < 1.29 is 14.6 Å². The number of carbonyl (C=O) groups excluding carboxylic acids is 1. The average Bonchev–Trinajstić information content (AvgIpc) is 2.17. The van der Waals surface area contributed by atoms with E-state index >= 15 is 0 Å². The maximum atomic E-state index is 11.5. The molecule has 3 N–H and O–H groups in total. The Morgan fingerprint density at radius 2 is 2.36 bits per heavy atom. The maximum absolute atomic E-state index is 11.5. The highest BCUT2D eigenvalue weighted by Gasteiger charge is 2.27. The molecule has 82 valence electrons. The summed E-state index contributed by atoms with van der Waals surface area (Å²) in [6.45, 7) is 3.28. The van der Waals surface area contributed by atoms with Crippen molar-refractivity contribution in [3.05, 3.63) is 0 Å². The number of morpholine rings is 1. The Hall–Kier alpha value is -0.650. The van der Waals surface area contributed by atoms with E-state index in [4.69, 9.17) is 15.6 Å². The minimum Gasteiger partial charge on any atom is -0.394 e. The standard InChI is InChI=1S/C9H18N2O3/c1-7-4-11(9(13)2-3-10)5-8(6-12)14-7/h7-8,12H,2-6,10H2,1H3. The fourth-order valence-corrected chi connectivity index (χ4v) is 1.63. The number of hydrogen-bond donors (Lipinski definition) is 2. The molecule has 1 heterocycles. The van der Waals surface area contributed by atoms with E-state index in [1.54, 1.807) is 4.90 Å². The summed E-state index contributed by atoms with van der Waals surface area (Å²) >= 11 is 0. The SMILES string of the molecule is CC1CN(C(=O)CCN)CC(CO)O1. The number of amides is 1. The first kappa shape index (κ1) is 11.4. The van der Waals surface area contributed by atoms with Crippen molar-refractivity contribution in [3.8, 4) is 0 Å². The van der Waals surface area contributed by atoms with Crippen LogP contribution in [0.3, 0.4) is 0 Å². The third-order valence-electron chi connectivity index (χ3n) is 2.24. The van der Waals surface area contributed by atoms with Crippen molar-refractivity contribution in [1.82, 2.24) is 4.90 Å². The van der Waals surface area contributed by atoms with Crippen molar-refractivity contribution in [3.63, 3.8) is 0 Å². The van der Waals surface area contributed by atoms with Gasteiger partial charge in [0.15, 0.2) is 0 Å². The van der Waals surface area contributed by atoms with E-state index in [1.807, 2.05) is 6.92 Å². The van der Waals surface area contributed by atoms with Gasteiger partial charge in [-0.3, -0.25) is 4.79 Å². The van der Waals surface area contributed by atoms with Crippen molar-refractivity contribution in [2.75, 3.05) is 26.2 Å². The van der Waals surface area contributed by atoms with E-state index in [9.17, 15) is 4.79 Å². The summed E-state index contributed by atoms with van der Waals surface area (Å²) in [6, 6.07) is 0. The normalized spacial score (nSPS) is 27.8. The van der Waals surface area contributed by atoms with E-state index in [1.165, 1.54) is 0 Å². The fourth-order valence-electron chi connectivity index (χ4n) is 1.63. The van der Waals surface area contributed by atoms with E-state index in [2.05, 4.69) is 0 Å². The second kappa shape index (κ2) is 5.29. The Labute approximate surface area is 83.8 Å². The minimum atomic E-state index is -0.250. The minimum absolute atomic E-state index is 0.0115. The Morgan fingerprint density at radius 3 is 2.93 bits per heavy atom. The van der Waals surface area contributed by atoms with Crippen molar-refractivity contribution in [2.24, 2.45) is 5.73 Å². The van der Waals surface area contributed by atoms with Gasteiger partial charge in [0.1, 0.15) is 0 Å². The third kappa shape index (κ3) is 2.94. The molecule has 1 saturated heterocycles. The van der Waals surface area contributed by atoms with Crippen LogP contribution in [0.5, 0.6) is 0 Å². The Bertz CT molecular complexity index is 198. The summed E-state index contributed by atoms with van der Waals surface area (Å²) in [5.41, 5.74) is 5.31. The summed E-state index contributed by atoms with van der Waals surface area (Å²) in [5.74, 6) is 0.0427. The summed E-state index contributed by atoms with van der Waals surface area (Å²) in [5, 5.41) is 8.95. The van der Waals surface area contributed by atoms with Crippen molar-refractivity contribution >= 4 is 5.91 Å². The molecule has 0 aromatic rings. The highest BCUT2D eigenvalue weighted by molar-refractivity contribution is 5.76. The number of nitrogens with two attached hydrogens (primary N) is 1. The lowest BCUT2D eigenvalue weighted by Gasteiger charge is -2.36. The predicted octanol–water partition coefficient (Wildman–Crippen LogP) is -1.06. The second-order valence-corrected chi connectivity index (χ2v) is 3.59. The quantitative estimate of drug-likeness (QED) is 0.612. The van der Waals surface area contributed by atoms with Crippen LogP contribution in [-0.4, -0.2) is 54.4 Å². The predicted molar refractivity (Wildman–Crippen MR) is 51.7 cm³/mol. The molecule has 1 aliphatic heterocycles. The van der Waals surface area contributed by atoms with Crippen LogP contribution < -0.4 is 5.73 Å².